The molecule has 2 aromatic rings. The van der Waals surface area contributed by atoms with Crippen LogP contribution in [0.3, 0.4) is 0 Å². The number of nitrogens with zero attached hydrogens (tertiary/aromatic N) is 3. The molecule has 0 bridgehead atoms. The van der Waals surface area contributed by atoms with Crippen molar-refractivity contribution in [3.8, 4) is 11.5 Å². The molecule has 1 fully saturated rings. The molecular formula is C15H21N3O4S. The maximum atomic E-state index is 12.4. The summed E-state index contributed by atoms with van der Waals surface area (Å²) in [6.07, 6.45) is 5.84. The van der Waals surface area contributed by atoms with E-state index in [-0.39, 0.29) is 5.09 Å². The van der Waals surface area contributed by atoms with Gasteiger partial charge in [-0.2, -0.15) is 4.31 Å². The van der Waals surface area contributed by atoms with Crippen LogP contribution in [0, 0.1) is 0 Å². The van der Waals surface area contributed by atoms with Crippen LogP contribution in [0.5, 0.6) is 0 Å². The number of hydrogen-bond acceptors (Lipinski definition) is 6. The minimum Gasteiger partial charge on any atom is -0.451 e. The molecule has 3 rings (SSSR count). The second kappa shape index (κ2) is 6.45. The molecule has 0 aliphatic heterocycles. The average molecular weight is 339 g/mol. The number of sulfonamides is 1. The van der Waals surface area contributed by atoms with Gasteiger partial charge in [-0.3, -0.25) is 0 Å². The van der Waals surface area contributed by atoms with Crippen molar-refractivity contribution in [1.82, 2.24) is 14.5 Å². The Morgan fingerprint density at radius 3 is 2.57 bits per heavy atom. The summed E-state index contributed by atoms with van der Waals surface area (Å²) in [6, 6.07) is 1.44. The molecule has 2 heterocycles. The van der Waals surface area contributed by atoms with Gasteiger partial charge in [0.1, 0.15) is 6.26 Å². The molecule has 8 heteroatoms. The van der Waals surface area contributed by atoms with Crippen molar-refractivity contribution >= 4 is 10.0 Å². The summed E-state index contributed by atoms with van der Waals surface area (Å²) in [4.78, 5) is 0. The number of hydrogen-bond donors (Lipinski definition) is 0. The number of rotatable bonds is 6. The Morgan fingerprint density at radius 1 is 1.22 bits per heavy atom. The van der Waals surface area contributed by atoms with Crippen LogP contribution < -0.4 is 0 Å². The average Bonchev–Trinajstić information content (AvgIpc) is 3.27. The van der Waals surface area contributed by atoms with E-state index in [2.05, 4.69) is 10.2 Å². The summed E-state index contributed by atoms with van der Waals surface area (Å²) in [5.74, 6) is 1.26. The fourth-order valence-electron chi connectivity index (χ4n) is 2.94. The van der Waals surface area contributed by atoms with E-state index in [4.69, 9.17) is 8.83 Å². The van der Waals surface area contributed by atoms with Gasteiger partial charge in [0.15, 0.2) is 0 Å². The Balaban J connectivity index is 1.84. The molecule has 0 atom stereocenters. The molecule has 0 N–H and O–H groups in total. The van der Waals surface area contributed by atoms with Crippen LogP contribution in [-0.4, -0.2) is 36.0 Å². The highest BCUT2D eigenvalue weighted by Gasteiger charge is 2.27. The number of aromatic nitrogens is 2. The minimum absolute atomic E-state index is 0.100. The highest BCUT2D eigenvalue weighted by molar-refractivity contribution is 7.89. The van der Waals surface area contributed by atoms with Crippen molar-refractivity contribution < 1.29 is 17.3 Å². The zero-order valence-corrected chi connectivity index (χ0v) is 14.2. The van der Waals surface area contributed by atoms with Crippen LogP contribution >= 0.6 is 0 Å². The van der Waals surface area contributed by atoms with E-state index in [0.29, 0.717) is 36.4 Å². The first-order chi connectivity index (χ1) is 11.1. The largest absolute Gasteiger partial charge is 0.451 e. The van der Waals surface area contributed by atoms with Crippen LogP contribution in [0.25, 0.3) is 11.5 Å². The molecule has 1 saturated carbocycles. The van der Waals surface area contributed by atoms with Crippen molar-refractivity contribution in [1.29, 1.82) is 0 Å². The lowest BCUT2D eigenvalue weighted by Crippen LogP contribution is -2.30. The number of furan rings is 1. The Morgan fingerprint density at radius 2 is 1.91 bits per heavy atom. The van der Waals surface area contributed by atoms with Crippen molar-refractivity contribution in [2.24, 2.45) is 0 Å². The third-order valence-corrected chi connectivity index (χ3v) is 6.19. The van der Waals surface area contributed by atoms with Crippen LogP contribution in [0.2, 0.25) is 0 Å². The zero-order valence-electron chi connectivity index (χ0n) is 13.4. The van der Waals surface area contributed by atoms with Gasteiger partial charge in [0.2, 0.25) is 11.0 Å². The van der Waals surface area contributed by atoms with E-state index >= 15 is 0 Å². The molecule has 1 aliphatic rings. The SMILES string of the molecule is CCN(CC)S(=O)(=O)c1cc(-c2nnc(C3CCCC3)o2)co1. The predicted octanol–water partition coefficient (Wildman–Crippen LogP) is 3.02. The lowest BCUT2D eigenvalue weighted by molar-refractivity contribution is 0.397. The Bertz CT molecular complexity index is 755. The van der Waals surface area contributed by atoms with Gasteiger partial charge >= 0.3 is 0 Å². The summed E-state index contributed by atoms with van der Waals surface area (Å²) < 4.78 is 37.1. The monoisotopic (exact) mass is 339 g/mol. The molecule has 0 aromatic carbocycles. The van der Waals surface area contributed by atoms with Crippen molar-refractivity contribution in [3.63, 3.8) is 0 Å². The molecular weight excluding hydrogens is 318 g/mol. The standard InChI is InChI=1S/C15H21N3O4S/c1-3-18(4-2)23(19,20)13-9-12(10-21-13)15-17-16-14(22-15)11-7-5-6-8-11/h9-11H,3-8H2,1-2H3. The second-order valence-electron chi connectivity index (χ2n) is 5.67. The van der Waals surface area contributed by atoms with Gasteiger partial charge in [-0.1, -0.05) is 26.7 Å². The van der Waals surface area contributed by atoms with Crippen LogP contribution in [0.4, 0.5) is 0 Å². The molecule has 1 aliphatic carbocycles. The smallest absolute Gasteiger partial charge is 0.276 e. The lowest BCUT2D eigenvalue weighted by atomic mass is 10.1. The maximum absolute atomic E-state index is 12.4. The summed E-state index contributed by atoms with van der Waals surface area (Å²) in [6.45, 7) is 4.36. The van der Waals surface area contributed by atoms with E-state index in [1.54, 1.807) is 13.8 Å². The van der Waals surface area contributed by atoms with Gasteiger partial charge in [0.05, 0.1) is 5.56 Å². The summed E-state index contributed by atoms with van der Waals surface area (Å²) in [7, 11) is -3.62. The molecule has 0 spiro atoms. The van der Waals surface area contributed by atoms with Crippen LogP contribution in [0.1, 0.15) is 51.3 Å². The first kappa shape index (κ1) is 16.2. The molecule has 7 nitrogen and oxygen atoms in total. The molecule has 23 heavy (non-hydrogen) atoms. The highest BCUT2D eigenvalue weighted by Crippen LogP contribution is 2.35. The van der Waals surface area contributed by atoms with Crippen LogP contribution in [-0.2, 0) is 10.0 Å². The fraction of sp³-hybridized carbons (Fsp3) is 0.600. The summed E-state index contributed by atoms with van der Waals surface area (Å²) in [5.41, 5.74) is 0.493. The van der Waals surface area contributed by atoms with Gasteiger partial charge < -0.3 is 8.83 Å². The maximum Gasteiger partial charge on any atom is 0.276 e. The zero-order chi connectivity index (χ0) is 16.4. The molecule has 0 saturated heterocycles. The normalized spacial score (nSPS) is 16.5. The Labute approximate surface area is 135 Å². The van der Waals surface area contributed by atoms with Crippen molar-refractivity contribution in [2.45, 2.75) is 50.5 Å². The Hall–Kier alpha value is -1.67. The molecule has 0 amide bonds. The van der Waals surface area contributed by atoms with E-state index in [0.717, 1.165) is 12.8 Å². The first-order valence-electron chi connectivity index (χ1n) is 7.98. The van der Waals surface area contributed by atoms with Gasteiger partial charge in [0, 0.05) is 25.1 Å². The first-order valence-corrected chi connectivity index (χ1v) is 9.42. The van der Waals surface area contributed by atoms with E-state index in [1.807, 2.05) is 0 Å². The molecule has 0 unspecified atom stereocenters. The van der Waals surface area contributed by atoms with E-state index < -0.39 is 10.0 Å². The van der Waals surface area contributed by atoms with Gasteiger partial charge in [0.25, 0.3) is 15.9 Å². The summed E-state index contributed by atoms with van der Waals surface area (Å²) in [5, 5.41) is 8.02. The highest BCUT2D eigenvalue weighted by atomic mass is 32.2. The Kier molecular flexibility index (Phi) is 4.54. The third-order valence-electron chi connectivity index (χ3n) is 4.27. The fourth-order valence-corrected chi connectivity index (χ4v) is 4.32. The lowest BCUT2D eigenvalue weighted by Gasteiger charge is -2.15. The quantitative estimate of drug-likeness (QED) is 0.803. The van der Waals surface area contributed by atoms with E-state index in [9.17, 15) is 8.42 Å². The molecule has 0 radical (unpaired) electrons. The van der Waals surface area contributed by atoms with Gasteiger partial charge in [-0.15, -0.1) is 10.2 Å². The van der Waals surface area contributed by atoms with Crippen LogP contribution in [0.15, 0.2) is 26.3 Å². The van der Waals surface area contributed by atoms with Crippen molar-refractivity contribution in [2.75, 3.05) is 13.1 Å². The second-order valence-corrected chi connectivity index (χ2v) is 7.54. The van der Waals surface area contributed by atoms with Gasteiger partial charge in [-0.05, 0) is 12.8 Å². The summed E-state index contributed by atoms with van der Waals surface area (Å²) >= 11 is 0. The van der Waals surface area contributed by atoms with Crippen molar-refractivity contribution in [3.05, 3.63) is 18.2 Å². The van der Waals surface area contributed by atoms with E-state index in [1.165, 1.54) is 29.5 Å². The molecule has 126 valence electrons. The predicted molar refractivity (Wildman–Crippen MR) is 83.3 cm³/mol. The topological polar surface area (TPSA) is 89.4 Å². The van der Waals surface area contributed by atoms with Gasteiger partial charge in [-0.25, -0.2) is 8.42 Å². The molecule has 2 aromatic heterocycles. The minimum atomic E-state index is -3.62. The third kappa shape index (κ3) is 3.05.